The summed E-state index contributed by atoms with van der Waals surface area (Å²) in [5, 5.41) is 21.1. The topological polar surface area (TPSA) is 142 Å². The summed E-state index contributed by atoms with van der Waals surface area (Å²) in [6.45, 7) is 6.36. The lowest BCUT2D eigenvalue weighted by molar-refractivity contribution is 0.0688. The molecule has 1 fully saturated rings. The number of nitrogens with zero attached hydrogens (tertiary/aromatic N) is 6. The average molecular weight is 557 g/mol. The number of aliphatic hydroxyl groups is 1. The SMILES string of the molecule is CN1C(=O)c2ccc(Nc3cc(N[C@H](CO)c4ccccc4)c(-c4nc(N5CCOCC5)no4)cn3)nc2C1(C)C. The molecule has 212 valence electrons. The van der Waals surface area contributed by atoms with Crippen LogP contribution in [-0.2, 0) is 10.3 Å². The zero-order chi connectivity index (χ0) is 28.6. The highest BCUT2D eigenvalue weighted by Crippen LogP contribution is 2.37. The van der Waals surface area contributed by atoms with E-state index in [1.165, 1.54) is 0 Å². The first-order valence-corrected chi connectivity index (χ1v) is 13.5. The van der Waals surface area contributed by atoms with Crippen LogP contribution in [0.15, 0.2) is 59.3 Å². The van der Waals surface area contributed by atoms with E-state index in [-0.39, 0.29) is 12.5 Å². The fourth-order valence-corrected chi connectivity index (χ4v) is 5.03. The Morgan fingerprint density at radius 3 is 2.59 bits per heavy atom. The first kappa shape index (κ1) is 26.7. The number of carbonyl (C=O) groups is 1. The molecule has 0 radical (unpaired) electrons. The number of nitrogens with one attached hydrogen (secondary N) is 2. The van der Waals surface area contributed by atoms with Gasteiger partial charge in [-0.15, -0.1) is 0 Å². The minimum atomic E-state index is -0.533. The molecular weight excluding hydrogens is 524 g/mol. The van der Waals surface area contributed by atoms with E-state index in [4.69, 9.17) is 14.2 Å². The van der Waals surface area contributed by atoms with Crippen LogP contribution in [0.4, 0.5) is 23.3 Å². The summed E-state index contributed by atoms with van der Waals surface area (Å²) in [6, 6.07) is 14.7. The van der Waals surface area contributed by atoms with Gasteiger partial charge in [-0.1, -0.05) is 30.3 Å². The van der Waals surface area contributed by atoms with Crippen molar-refractivity contribution in [1.29, 1.82) is 0 Å². The standard InChI is InChI=1S/C29H32N8O4/c1-29(2)25-19(27(39)36(29)3)9-10-23(33-25)32-24-15-21(31-22(17-38)18-7-5-4-6-8-18)20(16-30-24)26-34-28(35-41-26)37-11-13-40-14-12-37/h4-10,15-16,22,38H,11-14,17H2,1-3H3,(H2,30,31,32,33)/t22-/m1/s1. The number of fused-ring (bicyclic) bond motifs is 1. The fraction of sp³-hybridized carbons (Fsp3) is 0.345. The zero-order valence-corrected chi connectivity index (χ0v) is 23.2. The first-order valence-electron chi connectivity index (χ1n) is 13.5. The molecule has 2 aliphatic rings. The van der Waals surface area contributed by atoms with Crippen LogP contribution in [0.25, 0.3) is 11.5 Å². The molecule has 0 saturated carbocycles. The molecule has 12 heteroatoms. The largest absolute Gasteiger partial charge is 0.394 e. The molecule has 41 heavy (non-hydrogen) atoms. The van der Waals surface area contributed by atoms with E-state index in [0.717, 1.165) is 5.56 Å². The third kappa shape index (κ3) is 5.07. The van der Waals surface area contributed by atoms with E-state index >= 15 is 0 Å². The van der Waals surface area contributed by atoms with Crippen LogP contribution in [0.5, 0.6) is 0 Å². The molecule has 5 heterocycles. The minimum Gasteiger partial charge on any atom is -0.394 e. The predicted octanol–water partition coefficient (Wildman–Crippen LogP) is 3.57. The summed E-state index contributed by atoms with van der Waals surface area (Å²) < 4.78 is 11.1. The number of pyridine rings is 2. The van der Waals surface area contributed by atoms with Crippen molar-refractivity contribution in [2.75, 3.05) is 55.5 Å². The number of hydrogen-bond donors (Lipinski definition) is 3. The molecule has 6 rings (SSSR count). The van der Waals surface area contributed by atoms with Gasteiger partial charge in [-0.2, -0.15) is 4.98 Å². The van der Waals surface area contributed by atoms with E-state index in [1.807, 2.05) is 55.1 Å². The number of rotatable bonds is 8. The van der Waals surface area contributed by atoms with Gasteiger partial charge in [0.25, 0.3) is 17.7 Å². The number of aliphatic hydroxyl groups excluding tert-OH is 1. The van der Waals surface area contributed by atoms with Gasteiger partial charge in [0.15, 0.2) is 0 Å². The van der Waals surface area contributed by atoms with E-state index in [9.17, 15) is 9.90 Å². The Morgan fingerprint density at radius 2 is 1.83 bits per heavy atom. The Kier molecular flexibility index (Phi) is 7.01. The Morgan fingerprint density at radius 1 is 1.05 bits per heavy atom. The van der Waals surface area contributed by atoms with Gasteiger partial charge < -0.3 is 34.8 Å². The van der Waals surface area contributed by atoms with Crippen molar-refractivity contribution in [1.82, 2.24) is 25.0 Å². The third-order valence-electron chi connectivity index (χ3n) is 7.66. The lowest BCUT2D eigenvalue weighted by atomic mass is 10.00. The van der Waals surface area contributed by atoms with Crippen molar-refractivity contribution in [2.24, 2.45) is 0 Å². The molecule has 3 aromatic heterocycles. The van der Waals surface area contributed by atoms with E-state index in [1.54, 1.807) is 30.3 Å². The second kappa shape index (κ2) is 10.8. The van der Waals surface area contributed by atoms with Crippen molar-refractivity contribution < 1.29 is 19.2 Å². The van der Waals surface area contributed by atoms with Gasteiger partial charge >= 0.3 is 0 Å². The Balaban J connectivity index is 1.34. The molecule has 0 spiro atoms. The number of benzene rings is 1. The molecule has 3 N–H and O–H groups in total. The highest BCUT2D eigenvalue weighted by atomic mass is 16.5. The van der Waals surface area contributed by atoms with Crippen molar-refractivity contribution in [2.45, 2.75) is 25.4 Å². The summed E-state index contributed by atoms with van der Waals surface area (Å²) in [6.07, 6.45) is 1.65. The molecule has 2 aliphatic heterocycles. The van der Waals surface area contributed by atoms with Crippen molar-refractivity contribution in [3.63, 3.8) is 0 Å². The van der Waals surface area contributed by atoms with Gasteiger partial charge in [-0.25, -0.2) is 9.97 Å². The molecule has 0 aliphatic carbocycles. The quantitative estimate of drug-likeness (QED) is 0.293. The monoisotopic (exact) mass is 556 g/mol. The van der Waals surface area contributed by atoms with Gasteiger partial charge in [0.1, 0.15) is 11.6 Å². The summed E-state index contributed by atoms with van der Waals surface area (Å²) >= 11 is 0. The molecule has 1 aromatic carbocycles. The van der Waals surface area contributed by atoms with Crippen LogP contribution in [-0.4, -0.2) is 76.0 Å². The Labute approximate surface area is 237 Å². The Bertz CT molecular complexity index is 1550. The molecular formula is C29H32N8O4. The number of anilines is 4. The van der Waals surface area contributed by atoms with E-state index in [0.29, 0.717) is 72.3 Å². The highest BCUT2D eigenvalue weighted by Gasteiger charge is 2.42. The maximum atomic E-state index is 12.6. The van der Waals surface area contributed by atoms with Gasteiger partial charge in [-0.3, -0.25) is 4.79 Å². The van der Waals surface area contributed by atoms with Crippen LogP contribution < -0.4 is 15.5 Å². The number of morpholine rings is 1. The predicted molar refractivity (Wildman–Crippen MR) is 153 cm³/mol. The minimum absolute atomic E-state index is 0.0509. The van der Waals surface area contributed by atoms with Crippen LogP contribution in [0, 0.1) is 0 Å². The number of amides is 1. The van der Waals surface area contributed by atoms with Crippen molar-refractivity contribution >= 4 is 29.2 Å². The fourth-order valence-electron chi connectivity index (χ4n) is 5.03. The molecule has 0 unspecified atom stereocenters. The number of carbonyl (C=O) groups excluding carboxylic acids is 1. The molecule has 1 saturated heterocycles. The number of ether oxygens (including phenoxy) is 1. The van der Waals surface area contributed by atoms with Crippen LogP contribution in [0.2, 0.25) is 0 Å². The van der Waals surface area contributed by atoms with Gasteiger partial charge in [0.2, 0.25) is 0 Å². The lowest BCUT2D eigenvalue weighted by Crippen LogP contribution is -2.36. The van der Waals surface area contributed by atoms with E-state index in [2.05, 4.69) is 25.8 Å². The second-order valence-corrected chi connectivity index (χ2v) is 10.5. The van der Waals surface area contributed by atoms with Crippen molar-refractivity contribution in [3.8, 4) is 11.5 Å². The Hall–Kier alpha value is -4.55. The third-order valence-corrected chi connectivity index (χ3v) is 7.66. The zero-order valence-electron chi connectivity index (χ0n) is 23.2. The first-order chi connectivity index (χ1) is 19.8. The average Bonchev–Trinajstić information content (AvgIpc) is 3.55. The van der Waals surface area contributed by atoms with Gasteiger partial charge in [-0.05, 0) is 36.7 Å². The number of hydrogen-bond acceptors (Lipinski definition) is 11. The van der Waals surface area contributed by atoms with Crippen LogP contribution >= 0.6 is 0 Å². The summed E-state index contributed by atoms with van der Waals surface area (Å²) in [5.74, 6) is 1.81. The second-order valence-electron chi connectivity index (χ2n) is 10.5. The molecule has 0 bridgehead atoms. The van der Waals surface area contributed by atoms with Crippen LogP contribution in [0.1, 0.15) is 41.5 Å². The van der Waals surface area contributed by atoms with Crippen LogP contribution in [0.3, 0.4) is 0 Å². The molecule has 4 aromatic rings. The van der Waals surface area contributed by atoms with Gasteiger partial charge in [0.05, 0.1) is 53.9 Å². The molecule has 1 amide bonds. The molecule has 1 atom stereocenters. The molecule has 12 nitrogen and oxygen atoms in total. The number of aromatic nitrogens is 4. The van der Waals surface area contributed by atoms with E-state index < -0.39 is 11.6 Å². The summed E-state index contributed by atoms with van der Waals surface area (Å²) in [5.41, 5.74) is 2.91. The summed E-state index contributed by atoms with van der Waals surface area (Å²) in [4.78, 5) is 30.3. The lowest BCUT2D eigenvalue weighted by Gasteiger charge is -2.27. The highest BCUT2D eigenvalue weighted by molar-refractivity contribution is 5.99. The van der Waals surface area contributed by atoms with Crippen molar-refractivity contribution in [3.05, 3.63) is 71.5 Å². The van der Waals surface area contributed by atoms with Gasteiger partial charge in [0, 0.05) is 32.4 Å². The smallest absolute Gasteiger partial charge is 0.266 e. The maximum absolute atomic E-state index is 12.6. The normalized spacial score (nSPS) is 16.9. The summed E-state index contributed by atoms with van der Waals surface area (Å²) in [7, 11) is 1.78. The maximum Gasteiger partial charge on any atom is 0.266 e.